The average Bonchev–Trinajstić information content (AvgIpc) is 2.18. The molecule has 1 rings (SSSR count). The monoisotopic (exact) mass is 130 g/mol. The highest BCUT2D eigenvalue weighted by molar-refractivity contribution is 5.76. The first-order chi connectivity index (χ1) is 4.34. The molecule has 4 nitrogen and oxygen atoms in total. The summed E-state index contributed by atoms with van der Waals surface area (Å²) in [5, 5.41) is 1.32. The molecule has 0 radical (unpaired) electrons. The van der Waals surface area contributed by atoms with E-state index in [0.29, 0.717) is 26.1 Å². The number of hydroxylamine groups is 2. The molecule has 0 saturated carbocycles. The van der Waals surface area contributed by atoms with Crippen molar-refractivity contribution in [3.63, 3.8) is 0 Å². The van der Waals surface area contributed by atoms with E-state index in [1.54, 1.807) is 0 Å². The number of carbonyl (C=O) groups is 1. The van der Waals surface area contributed by atoms with E-state index in [9.17, 15) is 4.79 Å². The molecule has 1 fully saturated rings. The van der Waals surface area contributed by atoms with Gasteiger partial charge in [-0.15, -0.1) is 0 Å². The van der Waals surface area contributed by atoms with Gasteiger partial charge in [-0.25, -0.2) is 5.06 Å². The Morgan fingerprint density at radius 3 is 3.00 bits per heavy atom. The van der Waals surface area contributed by atoms with Crippen LogP contribution in [0.25, 0.3) is 0 Å². The van der Waals surface area contributed by atoms with Crippen LogP contribution in [0.15, 0.2) is 0 Å². The molecule has 1 heterocycles. The molecule has 2 N–H and O–H groups in total. The molecule has 0 aromatic heterocycles. The number of hydrogen-bond acceptors (Lipinski definition) is 3. The second kappa shape index (κ2) is 2.80. The van der Waals surface area contributed by atoms with Gasteiger partial charge in [-0.3, -0.25) is 9.63 Å². The van der Waals surface area contributed by atoms with Gasteiger partial charge in [-0.1, -0.05) is 0 Å². The van der Waals surface area contributed by atoms with Gasteiger partial charge >= 0.3 is 0 Å². The standard InChI is InChI=1S/C5H10N2O2/c6-2-3-7-5(8)1-4-9-7/h1-4,6H2. The molecular formula is C5H10N2O2. The van der Waals surface area contributed by atoms with Crippen LogP contribution in [0.4, 0.5) is 0 Å². The number of amides is 1. The lowest BCUT2D eigenvalue weighted by molar-refractivity contribution is -0.160. The molecule has 1 saturated heterocycles. The summed E-state index contributed by atoms with van der Waals surface area (Å²) < 4.78 is 0. The second-order valence-electron chi connectivity index (χ2n) is 1.87. The van der Waals surface area contributed by atoms with Crippen molar-refractivity contribution in [2.75, 3.05) is 19.7 Å². The minimum atomic E-state index is 0.0421. The van der Waals surface area contributed by atoms with Crippen molar-refractivity contribution >= 4 is 5.91 Å². The van der Waals surface area contributed by atoms with Crippen molar-refractivity contribution in [1.82, 2.24) is 5.06 Å². The Balaban J connectivity index is 2.31. The summed E-state index contributed by atoms with van der Waals surface area (Å²) in [7, 11) is 0. The minimum absolute atomic E-state index is 0.0421. The number of rotatable bonds is 2. The molecule has 0 atom stereocenters. The van der Waals surface area contributed by atoms with Crippen molar-refractivity contribution in [3.05, 3.63) is 0 Å². The molecule has 9 heavy (non-hydrogen) atoms. The summed E-state index contributed by atoms with van der Waals surface area (Å²) in [6, 6.07) is 0. The molecule has 52 valence electrons. The third-order valence-electron chi connectivity index (χ3n) is 1.17. The van der Waals surface area contributed by atoms with Crippen molar-refractivity contribution < 1.29 is 9.63 Å². The molecule has 0 spiro atoms. The fourth-order valence-electron chi connectivity index (χ4n) is 0.746. The van der Waals surface area contributed by atoms with Gasteiger partial charge < -0.3 is 5.73 Å². The Labute approximate surface area is 53.5 Å². The van der Waals surface area contributed by atoms with Crippen LogP contribution >= 0.6 is 0 Å². The number of carbonyl (C=O) groups excluding carboxylic acids is 1. The first-order valence-electron chi connectivity index (χ1n) is 2.98. The van der Waals surface area contributed by atoms with Crippen LogP contribution in [0.2, 0.25) is 0 Å². The normalized spacial score (nSPS) is 19.2. The van der Waals surface area contributed by atoms with Gasteiger partial charge in [0.1, 0.15) is 0 Å². The maximum Gasteiger partial charge on any atom is 0.248 e. The zero-order valence-corrected chi connectivity index (χ0v) is 5.17. The molecule has 1 aliphatic rings. The van der Waals surface area contributed by atoms with Crippen molar-refractivity contribution in [1.29, 1.82) is 0 Å². The average molecular weight is 130 g/mol. The summed E-state index contributed by atoms with van der Waals surface area (Å²) in [5.41, 5.74) is 5.20. The zero-order valence-electron chi connectivity index (χ0n) is 5.17. The van der Waals surface area contributed by atoms with Gasteiger partial charge in [0, 0.05) is 6.54 Å². The molecule has 0 unspecified atom stereocenters. The van der Waals surface area contributed by atoms with E-state index in [-0.39, 0.29) is 5.91 Å². The highest BCUT2D eigenvalue weighted by Gasteiger charge is 2.19. The van der Waals surface area contributed by atoms with Crippen LogP contribution in [0.5, 0.6) is 0 Å². The lowest BCUT2D eigenvalue weighted by Gasteiger charge is -2.10. The smallest absolute Gasteiger partial charge is 0.248 e. The van der Waals surface area contributed by atoms with Gasteiger partial charge in [0.05, 0.1) is 19.6 Å². The Hall–Kier alpha value is -0.610. The highest BCUT2D eigenvalue weighted by atomic mass is 16.7. The van der Waals surface area contributed by atoms with Gasteiger partial charge in [0.2, 0.25) is 5.91 Å². The van der Waals surface area contributed by atoms with E-state index >= 15 is 0 Å². The molecule has 0 aliphatic carbocycles. The van der Waals surface area contributed by atoms with E-state index in [4.69, 9.17) is 10.6 Å². The maximum atomic E-state index is 10.7. The first-order valence-corrected chi connectivity index (χ1v) is 2.98. The number of nitrogens with zero attached hydrogens (tertiary/aromatic N) is 1. The van der Waals surface area contributed by atoms with Crippen LogP contribution in [0, 0.1) is 0 Å². The Morgan fingerprint density at radius 1 is 1.78 bits per heavy atom. The van der Waals surface area contributed by atoms with E-state index in [0.717, 1.165) is 0 Å². The predicted octanol–water partition coefficient (Wildman–Crippen LogP) is -0.891. The fourth-order valence-corrected chi connectivity index (χ4v) is 0.746. The molecule has 0 bridgehead atoms. The molecule has 4 heteroatoms. The Kier molecular flexibility index (Phi) is 2.02. The second-order valence-corrected chi connectivity index (χ2v) is 1.87. The van der Waals surface area contributed by atoms with E-state index in [1.165, 1.54) is 5.06 Å². The summed E-state index contributed by atoms with van der Waals surface area (Å²) in [4.78, 5) is 15.6. The summed E-state index contributed by atoms with van der Waals surface area (Å²) in [6.07, 6.45) is 0.500. The van der Waals surface area contributed by atoms with Crippen LogP contribution in [0.3, 0.4) is 0 Å². The fraction of sp³-hybridized carbons (Fsp3) is 0.800. The van der Waals surface area contributed by atoms with Crippen molar-refractivity contribution in [3.8, 4) is 0 Å². The van der Waals surface area contributed by atoms with Gasteiger partial charge in [0.15, 0.2) is 0 Å². The van der Waals surface area contributed by atoms with E-state index in [2.05, 4.69) is 0 Å². The van der Waals surface area contributed by atoms with Crippen LogP contribution in [-0.2, 0) is 9.63 Å². The van der Waals surface area contributed by atoms with Crippen LogP contribution in [0.1, 0.15) is 6.42 Å². The van der Waals surface area contributed by atoms with E-state index < -0.39 is 0 Å². The molecule has 1 amide bonds. The van der Waals surface area contributed by atoms with Gasteiger partial charge in [0.25, 0.3) is 0 Å². The number of nitrogens with two attached hydrogens (primary N) is 1. The topological polar surface area (TPSA) is 55.6 Å². The lowest BCUT2D eigenvalue weighted by atomic mass is 10.4. The predicted molar refractivity (Wildman–Crippen MR) is 31.3 cm³/mol. The molecule has 0 aromatic carbocycles. The molecule has 0 aromatic rings. The third-order valence-corrected chi connectivity index (χ3v) is 1.17. The quantitative estimate of drug-likeness (QED) is 0.527. The zero-order chi connectivity index (χ0) is 6.69. The Morgan fingerprint density at radius 2 is 2.56 bits per heavy atom. The number of hydrogen-bond donors (Lipinski definition) is 1. The highest BCUT2D eigenvalue weighted by Crippen LogP contribution is 2.03. The summed E-state index contributed by atoms with van der Waals surface area (Å²) in [5.74, 6) is 0.0421. The maximum absolute atomic E-state index is 10.7. The SMILES string of the molecule is NCCN1OCCC1=O. The van der Waals surface area contributed by atoms with Crippen LogP contribution < -0.4 is 5.73 Å². The van der Waals surface area contributed by atoms with Gasteiger partial charge in [-0.2, -0.15) is 0 Å². The molecular weight excluding hydrogens is 120 g/mol. The van der Waals surface area contributed by atoms with Crippen LogP contribution in [-0.4, -0.2) is 30.7 Å². The third kappa shape index (κ3) is 1.40. The minimum Gasteiger partial charge on any atom is -0.329 e. The van der Waals surface area contributed by atoms with E-state index in [1.807, 2.05) is 0 Å². The largest absolute Gasteiger partial charge is 0.329 e. The summed E-state index contributed by atoms with van der Waals surface area (Å²) in [6.45, 7) is 1.49. The lowest BCUT2D eigenvalue weighted by Crippen LogP contribution is -2.29. The van der Waals surface area contributed by atoms with Crippen molar-refractivity contribution in [2.45, 2.75) is 6.42 Å². The van der Waals surface area contributed by atoms with Gasteiger partial charge in [-0.05, 0) is 0 Å². The summed E-state index contributed by atoms with van der Waals surface area (Å²) >= 11 is 0. The molecule has 1 aliphatic heterocycles. The van der Waals surface area contributed by atoms with Crippen molar-refractivity contribution in [2.24, 2.45) is 5.73 Å². The first kappa shape index (κ1) is 6.51. The Bertz CT molecular complexity index is 116.